The molecule has 1 aliphatic rings. The van der Waals surface area contributed by atoms with Crippen LogP contribution in [0.15, 0.2) is 23.2 Å². The van der Waals surface area contributed by atoms with Gasteiger partial charge in [0.2, 0.25) is 0 Å². The quantitative estimate of drug-likeness (QED) is 0.546. The number of para-hydroxylation sites is 1. The second-order valence-electron chi connectivity index (χ2n) is 8.20. The molecule has 1 amide bonds. The predicted molar refractivity (Wildman–Crippen MR) is 118 cm³/mol. The molecule has 1 heterocycles. The molecule has 2 rings (SSSR count). The van der Waals surface area contributed by atoms with Crippen molar-refractivity contribution >= 4 is 43.3 Å². The lowest BCUT2D eigenvalue weighted by Gasteiger charge is -2.38. The summed E-state index contributed by atoms with van der Waals surface area (Å²) >= 11 is 12.3. The molecule has 1 aliphatic heterocycles. The van der Waals surface area contributed by atoms with E-state index in [0.717, 1.165) is 0 Å². The number of amidine groups is 1. The van der Waals surface area contributed by atoms with E-state index >= 15 is 0 Å². The van der Waals surface area contributed by atoms with Crippen molar-refractivity contribution in [2.24, 2.45) is 4.99 Å². The summed E-state index contributed by atoms with van der Waals surface area (Å²) in [6.07, 6.45) is -2.04. The summed E-state index contributed by atoms with van der Waals surface area (Å²) in [5.74, 6) is -0.802. The third kappa shape index (κ3) is 5.09. The van der Waals surface area contributed by atoms with E-state index in [4.69, 9.17) is 37.8 Å². The van der Waals surface area contributed by atoms with Crippen molar-refractivity contribution < 1.29 is 19.4 Å². The number of benzene rings is 1. The zero-order chi connectivity index (χ0) is 24.9. The van der Waals surface area contributed by atoms with Crippen LogP contribution in [0.3, 0.4) is 0 Å². The van der Waals surface area contributed by atoms with Crippen LogP contribution in [-0.4, -0.2) is 50.2 Å². The molecule has 1 aromatic carbocycles. The summed E-state index contributed by atoms with van der Waals surface area (Å²) in [4.78, 5) is 18.0. The Labute approximate surface area is 184 Å². The molecule has 5 nitrogen and oxygen atoms in total. The molecule has 28 heavy (non-hydrogen) atoms. The maximum absolute atomic E-state index is 13.4. The van der Waals surface area contributed by atoms with Gasteiger partial charge in [-0.15, -0.1) is 0 Å². The lowest BCUT2D eigenvalue weighted by molar-refractivity contribution is -0.134. The number of aliphatic imine (C=N–C) groups is 1. The Balaban J connectivity index is 2.40. The van der Waals surface area contributed by atoms with Crippen LogP contribution in [-0.2, 0) is 9.22 Å². The Morgan fingerprint density at radius 3 is 2.39 bits per heavy atom. The van der Waals surface area contributed by atoms with Gasteiger partial charge in [0.15, 0.2) is 20.2 Å². The van der Waals surface area contributed by atoms with Crippen LogP contribution in [0.2, 0.25) is 28.2 Å². The van der Waals surface area contributed by atoms with Gasteiger partial charge in [0.05, 0.1) is 22.0 Å². The third-order valence-electron chi connectivity index (χ3n) is 4.98. The van der Waals surface area contributed by atoms with Gasteiger partial charge in [0, 0.05) is 6.50 Å². The number of hydrogen-bond donors (Lipinski definition) is 0. The Hall–Kier alpha value is -1.08. The molecule has 0 N–H and O–H groups in total. The van der Waals surface area contributed by atoms with Gasteiger partial charge in [-0.05, 0) is 44.1 Å². The molecule has 1 aromatic rings. The predicted octanol–water partition coefficient (Wildman–Crippen LogP) is 5.41. The van der Waals surface area contributed by atoms with E-state index in [9.17, 15) is 4.79 Å². The van der Waals surface area contributed by atoms with E-state index in [2.05, 4.69) is 4.99 Å². The lowest BCUT2D eigenvalue weighted by atomic mass is 10.2. The summed E-state index contributed by atoms with van der Waals surface area (Å²) < 4.78 is 44.8. The first-order valence-electron chi connectivity index (χ1n) is 11.1. The number of carbonyl (C=O) groups is 1. The van der Waals surface area contributed by atoms with E-state index in [1.165, 1.54) is 6.92 Å². The van der Waals surface area contributed by atoms with Crippen molar-refractivity contribution in [1.29, 1.82) is 0 Å². The van der Waals surface area contributed by atoms with Gasteiger partial charge >= 0.3 is 0 Å². The number of hydrogen-bond acceptors (Lipinski definition) is 4. The minimum absolute atomic E-state index is 0.136. The average Bonchev–Trinajstić information content (AvgIpc) is 2.81. The molecule has 1 unspecified atom stereocenters. The number of carbonyl (C=O) groups excluding carboxylic acids is 1. The van der Waals surface area contributed by atoms with Crippen molar-refractivity contribution in [3.63, 3.8) is 0 Å². The highest BCUT2D eigenvalue weighted by Crippen LogP contribution is 2.37. The summed E-state index contributed by atoms with van der Waals surface area (Å²) in [5, 5.41) is 0.275. The number of nitrogens with zero attached hydrogens (tertiary/aromatic N) is 2. The molecular formula is C20H30Cl2N2O3Si. The van der Waals surface area contributed by atoms with Crippen molar-refractivity contribution in [1.82, 2.24) is 4.90 Å². The van der Waals surface area contributed by atoms with Gasteiger partial charge in [-0.2, -0.15) is 0 Å². The topological polar surface area (TPSA) is 51.1 Å². The highest BCUT2D eigenvalue weighted by atomic mass is 35.5. The summed E-state index contributed by atoms with van der Waals surface area (Å²) in [7, 11) is -2.36. The molecule has 0 bridgehead atoms. The van der Waals surface area contributed by atoms with Gasteiger partial charge in [-0.3, -0.25) is 14.7 Å². The van der Waals surface area contributed by atoms with Crippen LogP contribution in [0.25, 0.3) is 0 Å². The zero-order valence-corrected chi connectivity index (χ0v) is 19.8. The maximum atomic E-state index is 13.4. The van der Waals surface area contributed by atoms with Crippen LogP contribution in [0.1, 0.15) is 40.1 Å². The SMILES string of the molecule is [2H]C1([2H])N=C(C(C)Oc2c(Cl)cccc2Cl)N(C(=O)[C@H](C)O[Si](C)(C)C(C)(C)C)C1([2H])[2H]. The van der Waals surface area contributed by atoms with Crippen molar-refractivity contribution in [2.75, 3.05) is 13.0 Å². The molecule has 0 aromatic heterocycles. The highest BCUT2D eigenvalue weighted by molar-refractivity contribution is 6.74. The largest absolute Gasteiger partial charge is 0.480 e. The summed E-state index contributed by atoms with van der Waals surface area (Å²) in [6.45, 7) is 7.68. The maximum Gasteiger partial charge on any atom is 0.255 e. The van der Waals surface area contributed by atoms with Gasteiger partial charge in [-0.1, -0.05) is 50.0 Å². The molecule has 0 fully saturated rings. The second kappa shape index (κ2) is 8.74. The molecule has 0 aliphatic carbocycles. The standard InChI is InChI=1S/C20H30Cl2N2O3Si/c1-13(26-17-15(21)9-8-10-16(17)22)18-23-11-12-24(18)19(25)14(2)27-28(6,7)20(3,4)5/h8-10,13-14H,11-12H2,1-7H3/t13?,14-/m0/s1/i11D2,12D2. The van der Waals surface area contributed by atoms with Crippen LogP contribution in [0.5, 0.6) is 5.75 Å². The molecule has 0 spiro atoms. The van der Waals surface area contributed by atoms with Crippen molar-refractivity contribution in [3.8, 4) is 5.75 Å². The van der Waals surface area contributed by atoms with Crippen LogP contribution in [0, 0.1) is 0 Å². The molecule has 0 radical (unpaired) electrons. The Morgan fingerprint density at radius 1 is 1.29 bits per heavy atom. The molecule has 8 heteroatoms. The Morgan fingerprint density at radius 2 is 1.86 bits per heavy atom. The van der Waals surface area contributed by atoms with Crippen LogP contribution >= 0.6 is 23.2 Å². The van der Waals surface area contributed by atoms with Gasteiger partial charge in [0.1, 0.15) is 11.9 Å². The highest BCUT2D eigenvalue weighted by Gasteiger charge is 2.41. The van der Waals surface area contributed by atoms with E-state index in [1.54, 1.807) is 25.1 Å². The van der Waals surface area contributed by atoms with Gasteiger partial charge in [0.25, 0.3) is 5.91 Å². The summed E-state index contributed by atoms with van der Waals surface area (Å²) in [5.41, 5.74) is 0. The lowest BCUT2D eigenvalue weighted by Crippen LogP contribution is -2.51. The van der Waals surface area contributed by atoms with Crippen molar-refractivity contribution in [3.05, 3.63) is 28.2 Å². The monoisotopic (exact) mass is 448 g/mol. The number of amides is 1. The number of ether oxygens (including phenoxy) is 1. The number of rotatable bonds is 6. The molecular weight excluding hydrogens is 415 g/mol. The van der Waals surface area contributed by atoms with Gasteiger partial charge in [-0.25, -0.2) is 0 Å². The van der Waals surface area contributed by atoms with E-state index in [1.807, 2.05) is 33.9 Å². The Bertz CT molecular complexity index is 902. The van der Waals surface area contributed by atoms with Crippen LogP contribution < -0.4 is 4.74 Å². The summed E-state index contributed by atoms with van der Waals surface area (Å²) in [6, 6.07) is 4.79. The van der Waals surface area contributed by atoms with E-state index in [-0.39, 0.29) is 26.7 Å². The first-order chi connectivity index (χ1) is 14.3. The van der Waals surface area contributed by atoms with Gasteiger partial charge < -0.3 is 9.16 Å². The van der Waals surface area contributed by atoms with Crippen molar-refractivity contribution in [2.45, 2.75) is 65.0 Å². The zero-order valence-electron chi connectivity index (χ0n) is 21.3. The molecule has 2 atom stereocenters. The normalized spacial score (nSPS) is 23.0. The fourth-order valence-electron chi connectivity index (χ4n) is 2.36. The minimum Gasteiger partial charge on any atom is -0.480 e. The fraction of sp³-hybridized carbons (Fsp3) is 0.600. The smallest absolute Gasteiger partial charge is 0.255 e. The third-order valence-corrected chi connectivity index (χ3v) is 10.1. The fourth-order valence-corrected chi connectivity index (χ4v) is 4.18. The first kappa shape index (κ1) is 17.7. The second-order valence-corrected chi connectivity index (χ2v) is 13.8. The first-order valence-corrected chi connectivity index (χ1v) is 12.7. The van der Waals surface area contributed by atoms with Crippen LogP contribution in [0.4, 0.5) is 0 Å². The molecule has 156 valence electrons. The van der Waals surface area contributed by atoms with E-state index < -0.39 is 39.4 Å². The molecule has 0 saturated heterocycles. The molecule has 0 saturated carbocycles. The minimum atomic E-state index is -2.74. The number of halogens is 2. The average molecular weight is 449 g/mol. The Kier molecular flexibility index (Phi) is 5.54. The van der Waals surface area contributed by atoms with E-state index in [0.29, 0.717) is 4.90 Å².